The summed E-state index contributed by atoms with van der Waals surface area (Å²) in [4.78, 5) is 0. The van der Waals surface area contributed by atoms with Crippen LogP contribution in [-0.2, 0) is 0 Å². The quantitative estimate of drug-likeness (QED) is 0.596. The summed E-state index contributed by atoms with van der Waals surface area (Å²) in [5, 5.41) is 0. The molecule has 0 fully saturated rings. The largest absolute Gasteiger partial charge is 0.0810 e. The van der Waals surface area contributed by atoms with E-state index in [4.69, 9.17) is 0 Å². The summed E-state index contributed by atoms with van der Waals surface area (Å²) in [5.41, 5.74) is 4.80. The van der Waals surface area contributed by atoms with Crippen LogP contribution >= 0.6 is 0 Å². The Kier molecular flexibility index (Phi) is 4.44. The van der Waals surface area contributed by atoms with Crippen molar-refractivity contribution < 1.29 is 0 Å². The Hall–Kier alpha value is -0.520. The van der Waals surface area contributed by atoms with Crippen LogP contribution in [-0.4, -0.2) is 0 Å². The molecule has 0 aliphatic heterocycles. The average Bonchev–Trinajstić information content (AvgIpc) is 2.18. The van der Waals surface area contributed by atoms with Gasteiger partial charge in [-0.15, -0.1) is 0 Å². The monoisotopic (exact) mass is 192 g/mol. The molecule has 0 saturated heterocycles. The van der Waals surface area contributed by atoms with Gasteiger partial charge in [0, 0.05) is 0 Å². The van der Waals surface area contributed by atoms with Crippen molar-refractivity contribution >= 4 is 0 Å². The molecule has 80 valence electrons. The second-order valence-electron chi connectivity index (χ2n) is 4.62. The summed E-state index contributed by atoms with van der Waals surface area (Å²) in [5.74, 6) is 0.804. The van der Waals surface area contributed by atoms with Gasteiger partial charge in [0.05, 0.1) is 0 Å². The Morgan fingerprint density at radius 2 is 2.07 bits per heavy atom. The van der Waals surface area contributed by atoms with Crippen molar-refractivity contribution in [1.82, 2.24) is 0 Å². The highest BCUT2D eigenvalue weighted by Gasteiger charge is 2.14. The van der Waals surface area contributed by atoms with Crippen molar-refractivity contribution in [1.29, 1.82) is 0 Å². The molecule has 0 bridgehead atoms. The summed E-state index contributed by atoms with van der Waals surface area (Å²) in [6, 6.07) is 0. The highest BCUT2D eigenvalue weighted by molar-refractivity contribution is 5.36. The van der Waals surface area contributed by atoms with E-state index < -0.39 is 0 Å². The minimum Gasteiger partial charge on any atom is -0.0810 e. The fourth-order valence-electron chi connectivity index (χ4n) is 2.34. The molecule has 1 unspecified atom stereocenters. The van der Waals surface area contributed by atoms with Gasteiger partial charge < -0.3 is 0 Å². The van der Waals surface area contributed by atoms with Gasteiger partial charge in [-0.25, -0.2) is 0 Å². The maximum absolute atomic E-state index is 2.40. The van der Waals surface area contributed by atoms with Crippen molar-refractivity contribution in [3.05, 3.63) is 22.8 Å². The number of hydrogen-bond acceptors (Lipinski definition) is 0. The highest BCUT2D eigenvalue weighted by atomic mass is 14.2. The molecule has 0 radical (unpaired) electrons. The molecule has 14 heavy (non-hydrogen) atoms. The van der Waals surface area contributed by atoms with Crippen molar-refractivity contribution in [2.75, 3.05) is 0 Å². The fraction of sp³-hybridized carbons (Fsp3) is 0.714. The SMILES string of the molecule is CCCCC(C)C1=C(C)C(C)=CCC1. The molecule has 0 aromatic rings. The van der Waals surface area contributed by atoms with Crippen LogP contribution < -0.4 is 0 Å². The van der Waals surface area contributed by atoms with Crippen LogP contribution in [0.25, 0.3) is 0 Å². The van der Waals surface area contributed by atoms with Crippen molar-refractivity contribution in [2.24, 2.45) is 5.92 Å². The van der Waals surface area contributed by atoms with Crippen LogP contribution in [0.15, 0.2) is 22.8 Å². The number of allylic oxidation sites excluding steroid dienone is 4. The molecule has 0 N–H and O–H groups in total. The van der Waals surface area contributed by atoms with Gasteiger partial charge in [0.15, 0.2) is 0 Å². The number of rotatable bonds is 4. The van der Waals surface area contributed by atoms with Crippen LogP contribution in [0.3, 0.4) is 0 Å². The predicted molar refractivity (Wildman–Crippen MR) is 64.4 cm³/mol. The first kappa shape index (κ1) is 11.6. The van der Waals surface area contributed by atoms with E-state index in [1.807, 2.05) is 0 Å². The zero-order valence-corrected chi connectivity index (χ0v) is 10.2. The van der Waals surface area contributed by atoms with E-state index in [2.05, 4.69) is 33.8 Å². The summed E-state index contributed by atoms with van der Waals surface area (Å²) in [6.07, 6.45) is 9.01. The summed E-state index contributed by atoms with van der Waals surface area (Å²) < 4.78 is 0. The molecule has 1 atom stereocenters. The fourth-order valence-corrected chi connectivity index (χ4v) is 2.34. The smallest absolute Gasteiger partial charge is 0.0226 e. The van der Waals surface area contributed by atoms with E-state index >= 15 is 0 Å². The topological polar surface area (TPSA) is 0 Å². The molecule has 1 aliphatic carbocycles. The second-order valence-corrected chi connectivity index (χ2v) is 4.62. The molecule has 0 spiro atoms. The van der Waals surface area contributed by atoms with Gasteiger partial charge in [-0.1, -0.05) is 43.9 Å². The van der Waals surface area contributed by atoms with Gasteiger partial charge in [0.2, 0.25) is 0 Å². The summed E-state index contributed by atoms with van der Waals surface area (Å²) in [7, 11) is 0. The lowest BCUT2D eigenvalue weighted by molar-refractivity contribution is 0.547. The van der Waals surface area contributed by atoms with Crippen molar-refractivity contribution in [3.8, 4) is 0 Å². The van der Waals surface area contributed by atoms with E-state index in [-0.39, 0.29) is 0 Å². The van der Waals surface area contributed by atoms with Crippen molar-refractivity contribution in [2.45, 2.75) is 59.8 Å². The molecule has 1 aliphatic rings. The molecule has 0 aromatic carbocycles. The lowest BCUT2D eigenvalue weighted by atomic mass is 9.83. The van der Waals surface area contributed by atoms with Gasteiger partial charge in [0.25, 0.3) is 0 Å². The molecule has 0 heteroatoms. The average molecular weight is 192 g/mol. The highest BCUT2D eigenvalue weighted by Crippen LogP contribution is 2.31. The molecule has 0 aromatic heterocycles. The van der Waals surface area contributed by atoms with Gasteiger partial charge in [-0.2, -0.15) is 0 Å². The predicted octanol–water partition coefficient (Wildman–Crippen LogP) is 4.87. The molecule has 0 heterocycles. The van der Waals surface area contributed by atoms with Crippen LogP contribution in [0, 0.1) is 5.92 Å². The Morgan fingerprint density at radius 1 is 1.36 bits per heavy atom. The Bertz CT molecular complexity index is 243. The molecule has 1 rings (SSSR count). The first-order valence-corrected chi connectivity index (χ1v) is 6.03. The van der Waals surface area contributed by atoms with Gasteiger partial charge >= 0.3 is 0 Å². The summed E-state index contributed by atoms with van der Waals surface area (Å²) >= 11 is 0. The Morgan fingerprint density at radius 3 is 2.71 bits per heavy atom. The first-order chi connectivity index (χ1) is 6.66. The van der Waals surface area contributed by atoms with E-state index in [0.29, 0.717) is 0 Å². The van der Waals surface area contributed by atoms with Gasteiger partial charge in [0.1, 0.15) is 0 Å². The van der Waals surface area contributed by atoms with Crippen molar-refractivity contribution in [3.63, 3.8) is 0 Å². The van der Waals surface area contributed by atoms with Gasteiger partial charge in [-0.05, 0) is 44.6 Å². The zero-order valence-electron chi connectivity index (χ0n) is 10.2. The van der Waals surface area contributed by atoms with Gasteiger partial charge in [-0.3, -0.25) is 0 Å². The van der Waals surface area contributed by atoms with E-state index in [1.54, 1.807) is 11.1 Å². The third-order valence-electron chi connectivity index (χ3n) is 3.52. The lowest BCUT2D eigenvalue weighted by Crippen LogP contribution is -2.06. The van der Waals surface area contributed by atoms with E-state index in [1.165, 1.54) is 37.7 Å². The number of unbranched alkanes of at least 4 members (excludes halogenated alkanes) is 1. The van der Waals surface area contributed by atoms with E-state index in [9.17, 15) is 0 Å². The third kappa shape index (κ3) is 2.73. The third-order valence-corrected chi connectivity index (χ3v) is 3.52. The standard InChI is InChI=1S/C14H24/c1-5-6-8-12(3)14-10-7-9-11(2)13(14)4/h9,12H,5-8,10H2,1-4H3. The maximum Gasteiger partial charge on any atom is -0.0226 e. The van der Waals surface area contributed by atoms with Crippen LogP contribution in [0.2, 0.25) is 0 Å². The van der Waals surface area contributed by atoms with E-state index in [0.717, 1.165) is 5.92 Å². The van der Waals surface area contributed by atoms with Crippen LogP contribution in [0.1, 0.15) is 59.8 Å². The second kappa shape index (κ2) is 5.38. The van der Waals surface area contributed by atoms with Crippen LogP contribution in [0.4, 0.5) is 0 Å². The molecular formula is C14H24. The Labute approximate surface area is 89.1 Å². The molecule has 0 saturated carbocycles. The Balaban J connectivity index is 2.65. The minimum absolute atomic E-state index is 0.804. The molecule has 0 nitrogen and oxygen atoms in total. The normalized spacial score (nSPS) is 19.6. The maximum atomic E-state index is 2.40. The zero-order chi connectivity index (χ0) is 10.6. The summed E-state index contributed by atoms with van der Waals surface area (Å²) in [6.45, 7) is 9.22. The minimum atomic E-state index is 0.804. The van der Waals surface area contributed by atoms with Crippen LogP contribution in [0.5, 0.6) is 0 Å². The lowest BCUT2D eigenvalue weighted by Gasteiger charge is -2.22. The molecule has 0 amide bonds. The number of hydrogen-bond donors (Lipinski definition) is 0. The molecular weight excluding hydrogens is 168 g/mol. The first-order valence-electron chi connectivity index (χ1n) is 6.03.